The van der Waals surface area contributed by atoms with Gasteiger partial charge in [0, 0.05) is 11.8 Å². The Bertz CT molecular complexity index is 898. The van der Waals surface area contributed by atoms with Crippen LogP contribution < -0.4 is 11.1 Å². The lowest BCUT2D eigenvalue weighted by Crippen LogP contribution is -2.10. The number of para-hydroxylation sites is 1. The van der Waals surface area contributed by atoms with Crippen LogP contribution in [0.25, 0.3) is 6.08 Å². The summed E-state index contributed by atoms with van der Waals surface area (Å²) in [5.74, 6) is 0.0988. The van der Waals surface area contributed by atoms with E-state index in [9.17, 15) is 4.79 Å². The molecule has 0 atom stereocenters. The summed E-state index contributed by atoms with van der Waals surface area (Å²) in [5, 5.41) is 3.02. The normalized spacial score (nSPS) is 10.6. The van der Waals surface area contributed by atoms with Crippen molar-refractivity contribution < 1.29 is 9.53 Å². The molecule has 7 heteroatoms. The number of benzene rings is 2. The second-order valence-electron chi connectivity index (χ2n) is 5.28. The lowest BCUT2D eigenvalue weighted by atomic mass is 10.2. The number of aromatic nitrogens is 3. The number of esters is 1. The number of hydrogen-bond acceptors (Lipinski definition) is 7. The summed E-state index contributed by atoms with van der Waals surface area (Å²) < 4.78 is 5.15. The first-order valence-corrected chi connectivity index (χ1v) is 7.91. The first-order valence-electron chi connectivity index (χ1n) is 7.91. The van der Waals surface area contributed by atoms with Crippen molar-refractivity contribution >= 4 is 29.6 Å². The molecule has 130 valence electrons. The average molecular weight is 347 g/mol. The van der Waals surface area contributed by atoms with Crippen LogP contribution in [-0.4, -0.2) is 20.9 Å². The van der Waals surface area contributed by atoms with Crippen LogP contribution in [0.3, 0.4) is 0 Å². The van der Waals surface area contributed by atoms with Gasteiger partial charge in [0.1, 0.15) is 0 Å². The van der Waals surface area contributed by atoms with Gasteiger partial charge < -0.3 is 15.8 Å². The fourth-order valence-electron chi connectivity index (χ4n) is 2.12. The average Bonchev–Trinajstić information content (AvgIpc) is 2.66. The Balaban J connectivity index is 1.61. The minimum absolute atomic E-state index is 0.0457. The number of hydrogen-bond donors (Lipinski definition) is 2. The third-order valence-corrected chi connectivity index (χ3v) is 3.28. The van der Waals surface area contributed by atoms with Gasteiger partial charge >= 0.3 is 5.97 Å². The van der Waals surface area contributed by atoms with Crippen LogP contribution in [0.4, 0.5) is 17.6 Å². The Morgan fingerprint density at radius 3 is 2.42 bits per heavy atom. The molecule has 3 N–H and O–H groups in total. The van der Waals surface area contributed by atoms with E-state index in [1.807, 2.05) is 60.7 Å². The van der Waals surface area contributed by atoms with Crippen LogP contribution in [0, 0.1) is 0 Å². The van der Waals surface area contributed by atoms with Crippen LogP contribution in [0.1, 0.15) is 11.4 Å². The lowest BCUT2D eigenvalue weighted by molar-refractivity contribution is -0.139. The van der Waals surface area contributed by atoms with E-state index in [4.69, 9.17) is 10.5 Å². The van der Waals surface area contributed by atoms with E-state index in [-0.39, 0.29) is 24.3 Å². The molecule has 7 nitrogen and oxygen atoms in total. The van der Waals surface area contributed by atoms with Crippen LogP contribution >= 0.6 is 0 Å². The summed E-state index contributed by atoms with van der Waals surface area (Å²) in [5.41, 5.74) is 7.42. The van der Waals surface area contributed by atoms with E-state index in [0.717, 1.165) is 11.3 Å². The van der Waals surface area contributed by atoms with Crippen molar-refractivity contribution in [2.24, 2.45) is 0 Å². The second-order valence-corrected chi connectivity index (χ2v) is 5.28. The highest BCUT2D eigenvalue weighted by Crippen LogP contribution is 2.13. The SMILES string of the molecule is Nc1nc(COC(=O)/C=C/c2ccccc2)nc(Nc2ccccc2)n1. The minimum Gasteiger partial charge on any atom is -0.454 e. The molecule has 2 aromatic carbocycles. The number of ether oxygens (including phenoxy) is 1. The number of nitrogens with two attached hydrogens (primary N) is 1. The molecular weight excluding hydrogens is 330 g/mol. The lowest BCUT2D eigenvalue weighted by Gasteiger charge is -2.07. The number of carbonyl (C=O) groups excluding carboxylic acids is 1. The van der Waals surface area contributed by atoms with Crippen molar-refractivity contribution in [1.82, 2.24) is 15.0 Å². The van der Waals surface area contributed by atoms with Gasteiger partial charge in [0.25, 0.3) is 0 Å². The van der Waals surface area contributed by atoms with E-state index in [1.165, 1.54) is 6.08 Å². The Kier molecular flexibility index (Phi) is 5.51. The topological polar surface area (TPSA) is 103 Å². The molecule has 0 unspecified atom stereocenters. The molecule has 3 rings (SSSR count). The van der Waals surface area contributed by atoms with Gasteiger partial charge in [0.15, 0.2) is 12.4 Å². The Labute approximate surface area is 150 Å². The van der Waals surface area contributed by atoms with Crippen molar-refractivity contribution in [3.05, 3.63) is 78.1 Å². The Hall–Kier alpha value is -3.74. The summed E-state index contributed by atoms with van der Waals surface area (Å²) in [6, 6.07) is 18.9. The van der Waals surface area contributed by atoms with Gasteiger partial charge in [-0.2, -0.15) is 15.0 Å². The summed E-state index contributed by atoms with van der Waals surface area (Å²) in [4.78, 5) is 24.0. The zero-order valence-electron chi connectivity index (χ0n) is 13.9. The number of rotatable bonds is 6. The van der Waals surface area contributed by atoms with Gasteiger partial charge in [-0.05, 0) is 23.8 Å². The molecule has 0 aliphatic rings. The van der Waals surface area contributed by atoms with E-state index in [1.54, 1.807) is 6.08 Å². The fraction of sp³-hybridized carbons (Fsp3) is 0.0526. The summed E-state index contributed by atoms with van der Waals surface area (Å²) in [6.07, 6.45) is 3.02. The summed E-state index contributed by atoms with van der Waals surface area (Å²) in [6.45, 7) is -0.103. The largest absolute Gasteiger partial charge is 0.454 e. The maximum Gasteiger partial charge on any atom is 0.331 e. The molecule has 0 radical (unpaired) electrons. The Morgan fingerprint density at radius 1 is 1.00 bits per heavy atom. The van der Waals surface area contributed by atoms with Crippen molar-refractivity contribution in [3.63, 3.8) is 0 Å². The van der Waals surface area contributed by atoms with Gasteiger partial charge in [0.2, 0.25) is 11.9 Å². The van der Waals surface area contributed by atoms with Gasteiger partial charge in [-0.3, -0.25) is 0 Å². The minimum atomic E-state index is -0.495. The molecule has 0 spiro atoms. The highest BCUT2D eigenvalue weighted by molar-refractivity contribution is 5.86. The fourth-order valence-corrected chi connectivity index (χ4v) is 2.12. The monoisotopic (exact) mass is 347 g/mol. The highest BCUT2D eigenvalue weighted by atomic mass is 16.5. The molecule has 26 heavy (non-hydrogen) atoms. The number of nitrogen functional groups attached to an aromatic ring is 1. The van der Waals surface area contributed by atoms with Gasteiger partial charge in [-0.15, -0.1) is 0 Å². The van der Waals surface area contributed by atoms with E-state index in [0.29, 0.717) is 0 Å². The first-order chi connectivity index (χ1) is 12.7. The zero-order valence-corrected chi connectivity index (χ0v) is 13.9. The molecule has 0 aliphatic carbocycles. The van der Waals surface area contributed by atoms with Crippen LogP contribution in [0.15, 0.2) is 66.7 Å². The third-order valence-electron chi connectivity index (χ3n) is 3.28. The van der Waals surface area contributed by atoms with Crippen molar-refractivity contribution in [3.8, 4) is 0 Å². The highest BCUT2D eigenvalue weighted by Gasteiger charge is 2.07. The maximum atomic E-state index is 11.8. The molecule has 0 saturated heterocycles. The molecule has 0 aliphatic heterocycles. The number of carbonyl (C=O) groups is 1. The number of nitrogens with zero attached hydrogens (tertiary/aromatic N) is 3. The predicted molar refractivity (Wildman–Crippen MR) is 99.2 cm³/mol. The quantitative estimate of drug-likeness (QED) is 0.522. The molecule has 0 saturated carbocycles. The van der Waals surface area contributed by atoms with E-state index >= 15 is 0 Å². The number of nitrogens with one attached hydrogen (secondary N) is 1. The van der Waals surface area contributed by atoms with Crippen molar-refractivity contribution in [1.29, 1.82) is 0 Å². The standard InChI is InChI=1S/C19H17N5O2/c20-18-22-16(23-19(24-18)21-15-9-5-2-6-10-15)13-26-17(25)12-11-14-7-3-1-4-8-14/h1-12H,13H2,(H3,20,21,22,23,24)/b12-11+. The molecule has 3 aromatic rings. The van der Waals surface area contributed by atoms with E-state index < -0.39 is 5.97 Å². The first kappa shape index (κ1) is 17.1. The van der Waals surface area contributed by atoms with Crippen molar-refractivity contribution in [2.75, 3.05) is 11.1 Å². The molecule has 0 bridgehead atoms. The third kappa shape index (κ3) is 5.13. The molecule has 1 heterocycles. The van der Waals surface area contributed by atoms with Gasteiger partial charge in [-0.1, -0.05) is 48.5 Å². The van der Waals surface area contributed by atoms with E-state index in [2.05, 4.69) is 20.3 Å². The van der Waals surface area contributed by atoms with Crippen LogP contribution in [-0.2, 0) is 16.1 Å². The molecular formula is C19H17N5O2. The Morgan fingerprint density at radius 2 is 1.69 bits per heavy atom. The van der Waals surface area contributed by atoms with Gasteiger partial charge in [0.05, 0.1) is 0 Å². The van der Waals surface area contributed by atoms with Crippen LogP contribution in [0.5, 0.6) is 0 Å². The number of anilines is 3. The van der Waals surface area contributed by atoms with Crippen LogP contribution in [0.2, 0.25) is 0 Å². The molecule has 0 amide bonds. The summed E-state index contributed by atoms with van der Waals surface area (Å²) in [7, 11) is 0. The smallest absolute Gasteiger partial charge is 0.331 e. The summed E-state index contributed by atoms with van der Waals surface area (Å²) >= 11 is 0. The second kappa shape index (κ2) is 8.39. The molecule has 0 fully saturated rings. The van der Waals surface area contributed by atoms with Gasteiger partial charge in [-0.25, -0.2) is 4.79 Å². The molecule has 1 aromatic heterocycles. The maximum absolute atomic E-state index is 11.8. The van der Waals surface area contributed by atoms with Crippen molar-refractivity contribution in [2.45, 2.75) is 6.61 Å². The zero-order chi connectivity index (χ0) is 18.2. The predicted octanol–water partition coefficient (Wildman–Crippen LogP) is 2.95.